The number of benzene rings is 1. The second-order valence-corrected chi connectivity index (χ2v) is 6.90. The molecule has 0 aliphatic rings. The molecule has 3 aromatic rings. The van der Waals surface area contributed by atoms with Crippen LogP contribution in [-0.2, 0) is 6.54 Å². The van der Waals surface area contributed by atoms with Gasteiger partial charge in [-0.1, -0.05) is 23.7 Å². The largest absolute Gasteiger partial charge is 0.360 e. The van der Waals surface area contributed by atoms with Gasteiger partial charge >= 0.3 is 0 Å². The second-order valence-electron chi connectivity index (χ2n) is 5.10. The number of para-hydroxylation sites is 1. The fourth-order valence-electron chi connectivity index (χ4n) is 2.45. The molecule has 1 amide bonds. The molecule has 118 valence electrons. The average molecular weight is 347 g/mol. The van der Waals surface area contributed by atoms with Crippen LogP contribution in [0.15, 0.2) is 47.4 Å². The molecule has 2 heterocycles. The summed E-state index contributed by atoms with van der Waals surface area (Å²) in [6.07, 6.45) is 1.50. The van der Waals surface area contributed by atoms with Gasteiger partial charge in [0.2, 0.25) is 5.43 Å². The van der Waals surface area contributed by atoms with E-state index >= 15 is 0 Å². The van der Waals surface area contributed by atoms with E-state index in [-0.39, 0.29) is 16.9 Å². The Morgan fingerprint density at radius 1 is 1.26 bits per heavy atom. The van der Waals surface area contributed by atoms with Crippen LogP contribution in [0.3, 0.4) is 0 Å². The van der Waals surface area contributed by atoms with Crippen LogP contribution in [0.25, 0.3) is 10.9 Å². The number of fused-ring (bicyclic) bond motifs is 1. The van der Waals surface area contributed by atoms with E-state index in [1.165, 1.54) is 17.5 Å². The number of thiophene rings is 1. The van der Waals surface area contributed by atoms with Gasteiger partial charge in [0.1, 0.15) is 5.56 Å². The minimum absolute atomic E-state index is 0.160. The summed E-state index contributed by atoms with van der Waals surface area (Å²) < 4.78 is 0.687. The monoisotopic (exact) mass is 346 g/mol. The number of aromatic amines is 1. The van der Waals surface area contributed by atoms with Crippen LogP contribution in [0.1, 0.15) is 22.2 Å². The van der Waals surface area contributed by atoms with Crippen molar-refractivity contribution in [1.82, 2.24) is 9.88 Å². The van der Waals surface area contributed by atoms with E-state index in [4.69, 9.17) is 11.6 Å². The fourth-order valence-corrected chi connectivity index (χ4v) is 3.55. The number of nitrogens with zero attached hydrogens (tertiary/aromatic N) is 1. The summed E-state index contributed by atoms with van der Waals surface area (Å²) >= 11 is 7.37. The SMILES string of the molecule is CCN(Cc1ccc(Cl)s1)C(=O)c1c[nH]c2ccccc2c1=O. The minimum atomic E-state index is -0.274. The lowest BCUT2D eigenvalue weighted by molar-refractivity contribution is 0.0753. The number of H-pyrrole nitrogens is 1. The maximum absolute atomic E-state index is 12.7. The molecule has 0 aliphatic carbocycles. The lowest BCUT2D eigenvalue weighted by Gasteiger charge is -2.20. The molecule has 2 aromatic heterocycles. The highest BCUT2D eigenvalue weighted by Gasteiger charge is 2.19. The van der Waals surface area contributed by atoms with Crippen molar-refractivity contribution in [1.29, 1.82) is 0 Å². The number of carbonyl (C=O) groups is 1. The van der Waals surface area contributed by atoms with Gasteiger partial charge in [0, 0.05) is 28.5 Å². The van der Waals surface area contributed by atoms with Gasteiger partial charge in [0.25, 0.3) is 5.91 Å². The van der Waals surface area contributed by atoms with E-state index in [0.717, 1.165) is 10.4 Å². The highest BCUT2D eigenvalue weighted by atomic mass is 35.5. The zero-order valence-corrected chi connectivity index (χ0v) is 14.1. The maximum atomic E-state index is 12.7. The van der Waals surface area contributed by atoms with Gasteiger partial charge in [0.05, 0.1) is 10.9 Å². The number of carbonyl (C=O) groups excluding carboxylic acids is 1. The molecule has 0 saturated carbocycles. The first kappa shape index (κ1) is 15.8. The molecule has 0 unspecified atom stereocenters. The van der Waals surface area contributed by atoms with Crippen molar-refractivity contribution >= 4 is 39.7 Å². The Kier molecular flexibility index (Phi) is 4.50. The van der Waals surface area contributed by atoms with Crippen LogP contribution in [0, 0.1) is 0 Å². The summed E-state index contributed by atoms with van der Waals surface area (Å²) in [5, 5.41) is 0.522. The predicted molar refractivity (Wildman–Crippen MR) is 94.3 cm³/mol. The Bertz CT molecular complexity index is 916. The number of amides is 1. The number of hydrogen-bond donors (Lipinski definition) is 1. The first-order valence-electron chi connectivity index (χ1n) is 7.24. The Labute approximate surface area is 142 Å². The molecule has 0 bridgehead atoms. The third-order valence-corrected chi connectivity index (χ3v) is 4.88. The van der Waals surface area contributed by atoms with Crippen LogP contribution >= 0.6 is 22.9 Å². The van der Waals surface area contributed by atoms with Gasteiger partial charge in [-0.25, -0.2) is 0 Å². The predicted octanol–water partition coefficient (Wildman–Crippen LogP) is 3.91. The van der Waals surface area contributed by atoms with Gasteiger partial charge in [-0.05, 0) is 31.2 Å². The Hall–Kier alpha value is -2.11. The number of hydrogen-bond acceptors (Lipinski definition) is 3. The molecule has 6 heteroatoms. The Balaban J connectivity index is 1.94. The third-order valence-electron chi connectivity index (χ3n) is 3.66. The van der Waals surface area contributed by atoms with Gasteiger partial charge in [0.15, 0.2) is 0 Å². The van der Waals surface area contributed by atoms with E-state index in [1.54, 1.807) is 17.0 Å². The van der Waals surface area contributed by atoms with Crippen molar-refractivity contribution in [3.63, 3.8) is 0 Å². The van der Waals surface area contributed by atoms with Crippen molar-refractivity contribution in [3.8, 4) is 0 Å². The van der Waals surface area contributed by atoms with Gasteiger partial charge in [-0.15, -0.1) is 11.3 Å². The molecular formula is C17H15ClN2O2S. The second kappa shape index (κ2) is 6.56. The van der Waals surface area contributed by atoms with Gasteiger partial charge in [-0.3, -0.25) is 9.59 Å². The topological polar surface area (TPSA) is 53.2 Å². The third kappa shape index (κ3) is 3.16. The molecule has 0 fully saturated rings. The van der Waals surface area contributed by atoms with Crippen LogP contribution < -0.4 is 5.43 Å². The van der Waals surface area contributed by atoms with Crippen molar-refractivity contribution in [2.45, 2.75) is 13.5 Å². The lowest BCUT2D eigenvalue weighted by Crippen LogP contribution is -2.33. The number of aromatic nitrogens is 1. The Morgan fingerprint density at radius 3 is 2.74 bits per heavy atom. The first-order chi connectivity index (χ1) is 11.1. The molecular weight excluding hydrogens is 332 g/mol. The summed E-state index contributed by atoms with van der Waals surface area (Å²) in [5.74, 6) is -0.274. The van der Waals surface area contributed by atoms with E-state index < -0.39 is 0 Å². The summed E-state index contributed by atoms with van der Waals surface area (Å²) in [6.45, 7) is 2.85. The highest BCUT2D eigenvalue weighted by Crippen LogP contribution is 2.23. The standard InChI is InChI=1S/C17H15ClN2O2S/c1-2-20(10-11-7-8-15(18)23-11)17(22)13-9-19-14-6-4-3-5-12(14)16(13)21/h3-9H,2,10H2,1H3,(H,19,21). The van der Waals surface area contributed by atoms with Crippen molar-refractivity contribution in [2.75, 3.05) is 6.54 Å². The van der Waals surface area contributed by atoms with E-state index in [0.29, 0.717) is 22.8 Å². The van der Waals surface area contributed by atoms with Crippen molar-refractivity contribution in [2.24, 2.45) is 0 Å². The highest BCUT2D eigenvalue weighted by molar-refractivity contribution is 7.16. The number of pyridine rings is 1. The van der Waals surface area contributed by atoms with E-state index in [9.17, 15) is 9.59 Å². The summed E-state index contributed by atoms with van der Waals surface area (Å²) in [5.41, 5.74) is 0.641. The Morgan fingerprint density at radius 2 is 2.04 bits per heavy atom. The zero-order valence-electron chi connectivity index (χ0n) is 12.5. The first-order valence-corrected chi connectivity index (χ1v) is 8.43. The van der Waals surface area contributed by atoms with Crippen LogP contribution in [0.5, 0.6) is 0 Å². The molecule has 4 nitrogen and oxygen atoms in total. The molecule has 0 spiro atoms. The smallest absolute Gasteiger partial charge is 0.259 e. The molecule has 3 rings (SSSR count). The fraction of sp³-hybridized carbons (Fsp3) is 0.176. The molecule has 23 heavy (non-hydrogen) atoms. The molecule has 1 aromatic carbocycles. The molecule has 0 radical (unpaired) electrons. The molecule has 0 aliphatic heterocycles. The molecule has 0 atom stereocenters. The summed E-state index contributed by atoms with van der Waals surface area (Å²) in [7, 11) is 0. The van der Waals surface area contributed by atoms with E-state index in [1.807, 2.05) is 31.2 Å². The number of rotatable bonds is 4. The van der Waals surface area contributed by atoms with Crippen LogP contribution in [-0.4, -0.2) is 22.3 Å². The quantitative estimate of drug-likeness (QED) is 0.778. The normalized spacial score (nSPS) is 10.9. The minimum Gasteiger partial charge on any atom is -0.360 e. The van der Waals surface area contributed by atoms with Crippen LogP contribution in [0.4, 0.5) is 0 Å². The lowest BCUT2D eigenvalue weighted by atomic mass is 10.1. The number of halogens is 1. The molecule has 0 saturated heterocycles. The van der Waals surface area contributed by atoms with Gasteiger partial charge in [-0.2, -0.15) is 0 Å². The molecule has 1 N–H and O–H groups in total. The summed E-state index contributed by atoms with van der Waals surface area (Å²) in [4.78, 5) is 30.9. The van der Waals surface area contributed by atoms with E-state index in [2.05, 4.69) is 4.98 Å². The van der Waals surface area contributed by atoms with Gasteiger partial charge < -0.3 is 9.88 Å². The average Bonchev–Trinajstić information content (AvgIpc) is 2.98. The maximum Gasteiger partial charge on any atom is 0.259 e. The van der Waals surface area contributed by atoms with Crippen molar-refractivity contribution in [3.05, 3.63) is 67.6 Å². The number of nitrogens with one attached hydrogen (secondary N) is 1. The van der Waals surface area contributed by atoms with Crippen molar-refractivity contribution < 1.29 is 4.79 Å². The summed E-state index contributed by atoms with van der Waals surface area (Å²) in [6, 6.07) is 10.9. The van der Waals surface area contributed by atoms with Crippen LogP contribution in [0.2, 0.25) is 4.34 Å². The zero-order chi connectivity index (χ0) is 16.4.